The number of carbonyl (C=O) groups is 2. The highest BCUT2D eigenvalue weighted by Gasteiger charge is 2.13. The molecule has 0 radical (unpaired) electrons. The Kier molecular flexibility index (Phi) is 5.78. The maximum absolute atomic E-state index is 12.1. The number of nitrogens with zero attached hydrogens (tertiary/aromatic N) is 1. The van der Waals surface area contributed by atoms with E-state index in [4.69, 9.17) is 9.47 Å². The minimum atomic E-state index is -0.328. The van der Waals surface area contributed by atoms with Crippen molar-refractivity contribution in [2.24, 2.45) is 0 Å². The number of carbonyl (C=O) groups excluding carboxylic acids is 2. The molecule has 0 saturated carbocycles. The van der Waals surface area contributed by atoms with Crippen molar-refractivity contribution in [3.63, 3.8) is 0 Å². The normalized spacial score (nSPS) is 9.96. The summed E-state index contributed by atoms with van der Waals surface area (Å²) in [6.07, 6.45) is 0. The summed E-state index contributed by atoms with van der Waals surface area (Å²) in [6, 6.07) is 14.2. The van der Waals surface area contributed by atoms with Gasteiger partial charge in [0.2, 0.25) is 5.91 Å². The van der Waals surface area contributed by atoms with Crippen LogP contribution in [0.5, 0.6) is 11.5 Å². The Hall–Kier alpha value is -3.02. The average molecular weight is 328 g/mol. The summed E-state index contributed by atoms with van der Waals surface area (Å²) in [5.41, 5.74) is 1.17. The van der Waals surface area contributed by atoms with Gasteiger partial charge in [0.1, 0.15) is 0 Å². The number of anilines is 2. The van der Waals surface area contributed by atoms with Crippen LogP contribution in [-0.2, 0) is 9.59 Å². The van der Waals surface area contributed by atoms with Crippen molar-refractivity contribution >= 4 is 23.2 Å². The molecule has 0 saturated heterocycles. The number of nitrogens with one attached hydrogen (secondary N) is 1. The summed E-state index contributed by atoms with van der Waals surface area (Å²) in [5.74, 6) is 0.596. The molecule has 24 heavy (non-hydrogen) atoms. The molecule has 0 unspecified atom stereocenters. The van der Waals surface area contributed by atoms with Gasteiger partial charge < -0.3 is 19.7 Å². The van der Waals surface area contributed by atoms with Crippen LogP contribution in [0.25, 0.3) is 0 Å². The van der Waals surface area contributed by atoms with Crippen LogP contribution in [-0.4, -0.2) is 32.6 Å². The van der Waals surface area contributed by atoms with Gasteiger partial charge in [0, 0.05) is 14.0 Å². The van der Waals surface area contributed by atoms with Crippen molar-refractivity contribution in [2.45, 2.75) is 6.92 Å². The molecule has 2 aromatic carbocycles. The fourth-order valence-corrected chi connectivity index (χ4v) is 2.11. The highest BCUT2D eigenvalue weighted by molar-refractivity contribution is 6.00. The lowest BCUT2D eigenvalue weighted by molar-refractivity contribution is -0.118. The third-order valence-electron chi connectivity index (χ3n) is 3.44. The summed E-state index contributed by atoms with van der Waals surface area (Å²) >= 11 is 0. The van der Waals surface area contributed by atoms with E-state index >= 15 is 0 Å². The molecule has 2 aromatic rings. The summed E-state index contributed by atoms with van der Waals surface area (Å²) in [7, 11) is 3.19. The number of methoxy groups -OCH3 is 1. The molecule has 126 valence electrons. The van der Waals surface area contributed by atoms with Gasteiger partial charge in [-0.15, -0.1) is 0 Å². The first-order chi connectivity index (χ1) is 11.5. The molecular formula is C18H20N2O4. The molecule has 0 aliphatic carbocycles. The zero-order valence-electron chi connectivity index (χ0n) is 13.9. The summed E-state index contributed by atoms with van der Waals surface area (Å²) < 4.78 is 10.7. The molecule has 0 bridgehead atoms. The molecule has 0 aliphatic rings. The van der Waals surface area contributed by atoms with Gasteiger partial charge in [-0.1, -0.05) is 24.3 Å². The van der Waals surface area contributed by atoms with Crippen LogP contribution in [0.4, 0.5) is 11.4 Å². The molecule has 0 heterocycles. The van der Waals surface area contributed by atoms with Gasteiger partial charge in [-0.3, -0.25) is 9.59 Å². The van der Waals surface area contributed by atoms with E-state index in [-0.39, 0.29) is 18.4 Å². The van der Waals surface area contributed by atoms with E-state index in [1.54, 1.807) is 49.5 Å². The summed E-state index contributed by atoms with van der Waals surface area (Å²) in [5, 5.41) is 2.76. The lowest BCUT2D eigenvalue weighted by Crippen LogP contribution is -2.26. The van der Waals surface area contributed by atoms with E-state index in [0.29, 0.717) is 22.9 Å². The van der Waals surface area contributed by atoms with Crippen LogP contribution in [0.3, 0.4) is 0 Å². The van der Waals surface area contributed by atoms with Crippen molar-refractivity contribution in [3.05, 3.63) is 48.5 Å². The first-order valence-corrected chi connectivity index (χ1v) is 7.42. The van der Waals surface area contributed by atoms with E-state index in [1.807, 2.05) is 6.07 Å². The fourth-order valence-electron chi connectivity index (χ4n) is 2.11. The van der Waals surface area contributed by atoms with E-state index < -0.39 is 0 Å². The third-order valence-corrected chi connectivity index (χ3v) is 3.44. The number of para-hydroxylation sites is 4. The van der Waals surface area contributed by atoms with Crippen LogP contribution in [0.15, 0.2) is 48.5 Å². The Morgan fingerprint density at radius 2 is 1.67 bits per heavy atom. The molecule has 0 fully saturated rings. The predicted molar refractivity (Wildman–Crippen MR) is 92.6 cm³/mol. The van der Waals surface area contributed by atoms with Crippen molar-refractivity contribution in [1.29, 1.82) is 0 Å². The van der Waals surface area contributed by atoms with Gasteiger partial charge in [-0.25, -0.2) is 0 Å². The van der Waals surface area contributed by atoms with Crippen molar-refractivity contribution in [2.75, 3.05) is 31.0 Å². The van der Waals surface area contributed by atoms with Crippen LogP contribution in [0.1, 0.15) is 6.92 Å². The maximum Gasteiger partial charge on any atom is 0.262 e. The lowest BCUT2D eigenvalue weighted by Gasteiger charge is -2.19. The molecule has 0 aromatic heterocycles. The molecule has 0 atom stereocenters. The number of amides is 2. The second-order valence-electron chi connectivity index (χ2n) is 5.08. The first kappa shape index (κ1) is 17.3. The zero-order valence-corrected chi connectivity index (χ0v) is 13.9. The molecule has 2 rings (SSSR count). The number of benzene rings is 2. The minimum absolute atomic E-state index is 0.123. The van der Waals surface area contributed by atoms with Crippen LogP contribution in [0, 0.1) is 0 Å². The van der Waals surface area contributed by atoms with Crippen LogP contribution >= 0.6 is 0 Å². The van der Waals surface area contributed by atoms with Gasteiger partial charge in [0.25, 0.3) is 5.91 Å². The number of rotatable bonds is 6. The molecule has 0 spiro atoms. The topological polar surface area (TPSA) is 67.9 Å². The van der Waals surface area contributed by atoms with Gasteiger partial charge in [-0.05, 0) is 24.3 Å². The second kappa shape index (κ2) is 8.01. The van der Waals surface area contributed by atoms with Gasteiger partial charge in [0.05, 0.1) is 18.5 Å². The Labute approximate surface area is 141 Å². The summed E-state index contributed by atoms with van der Waals surface area (Å²) in [4.78, 5) is 25.2. The molecule has 6 nitrogen and oxygen atoms in total. The Bertz CT molecular complexity index is 730. The smallest absolute Gasteiger partial charge is 0.262 e. The summed E-state index contributed by atoms with van der Waals surface area (Å²) in [6.45, 7) is 1.29. The molecule has 1 N–H and O–H groups in total. The van der Waals surface area contributed by atoms with Crippen molar-refractivity contribution in [1.82, 2.24) is 0 Å². The highest BCUT2D eigenvalue weighted by atomic mass is 16.5. The van der Waals surface area contributed by atoms with Crippen molar-refractivity contribution < 1.29 is 19.1 Å². The van der Waals surface area contributed by atoms with Gasteiger partial charge >= 0.3 is 0 Å². The zero-order chi connectivity index (χ0) is 17.5. The fraction of sp³-hybridized carbons (Fsp3) is 0.222. The van der Waals surface area contributed by atoms with E-state index in [0.717, 1.165) is 0 Å². The van der Waals surface area contributed by atoms with E-state index in [2.05, 4.69) is 5.32 Å². The van der Waals surface area contributed by atoms with Gasteiger partial charge in [0.15, 0.2) is 18.1 Å². The maximum atomic E-state index is 12.1. The molecule has 6 heteroatoms. The number of hydrogen-bond donors (Lipinski definition) is 1. The number of ether oxygens (including phenoxy) is 2. The monoisotopic (exact) mass is 328 g/mol. The minimum Gasteiger partial charge on any atom is -0.493 e. The first-order valence-electron chi connectivity index (χ1n) is 7.42. The second-order valence-corrected chi connectivity index (χ2v) is 5.08. The Morgan fingerprint density at radius 1 is 1.04 bits per heavy atom. The predicted octanol–water partition coefficient (Wildman–Crippen LogP) is 2.70. The number of hydrogen-bond acceptors (Lipinski definition) is 4. The highest BCUT2D eigenvalue weighted by Crippen LogP contribution is 2.26. The quantitative estimate of drug-likeness (QED) is 0.885. The standard InChI is InChI=1S/C18H20N2O4/c1-13(21)20(2)15-9-5-4-8-14(15)19-18(22)12-24-17-11-7-6-10-16(17)23-3/h4-11H,12H2,1-3H3,(H,19,22). The van der Waals surface area contributed by atoms with E-state index in [1.165, 1.54) is 18.9 Å². The van der Waals surface area contributed by atoms with E-state index in [9.17, 15) is 9.59 Å². The van der Waals surface area contributed by atoms with Gasteiger partial charge in [-0.2, -0.15) is 0 Å². The largest absolute Gasteiger partial charge is 0.493 e. The average Bonchev–Trinajstić information content (AvgIpc) is 2.60. The molecule has 2 amide bonds. The SMILES string of the molecule is COc1ccccc1OCC(=O)Nc1ccccc1N(C)C(C)=O. The lowest BCUT2D eigenvalue weighted by atomic mass is 10.2. The third kappa shape index (κ3) is 4.25. The molecular weight excluding hydrogens is 308 g/mol. The Morgan fingerprint density at radius 3 is 2.33 bits per heavy atom. The van der Waals surface area contributed by atoms with Crippen LogP contribution in [0.2, 0.25) is 0 Å². The van der Waals surface area contributed by atoms with Crippen molar-refractivity contribution in [3.8, 4) is 11.5 Å². The van der Waals surface area contributed by atoms with Crippen LogP contribution < -0.4 is 19.7 Å². The Balaban J connectivity index is 2.04. The molecule has 0 aliphatic heterocycles.